The van der Waals surface area contributed by atoms with Gasteiger partial charge in [0, 0.05) is 24.6 Å². The van der Waals surface area contributed by atoms with E-state index in [1.165, 1.54) is 0 Å². The normalized spacial score (nSPS) is 10.8. The first kappa shape index (κ1) is 15.0. The van der Waals surface area contributed by atoms with Crippen LogP contribution in [0.5, 0.6) is 0 Å². The van der Waals surface area contributed by atoms with E-state index in [4.69, 9.17) is 16.3 Å². The van der Waals surface area contributed by atoms with Crippen LogP contribution in [-0.2, 0) is 16.0 Å². The van der Waals surface area contributed by atoms with Gasteiger partial charge in [-0.05, 0) is 24.5 Å². The van der Waals surface area contributed by atoms with Gasteiger partial charge in [-0.2, -0.15) is 0 Å². The van der Waals surface area contributed by atoms with Crippen molar-refractivity contribution in [1.82, 2.24) is 4.98 Å². The highest BCUT2D eigenvalue weighted by Crippen LogP contribution is 2.28. The van der Waals surface area contributed by atoms with Crippen molar-refractivity contribution in [2.24, 2.45) is 11.6 Å². The molecule has 112 valence electrons. The lowest BCUT2D eigenvalue weighted by Crippen LogP contribution is -2.31. The molecule has 5 N–H and O–H groups in total. The van der Waals surface area contributed by atoms with Crippen LogP contribution in [0.1, 0.15) is 22.3 Å². The number of ether oxygens (including phenoxy) is 1. The number of carbonyl (C=O) groups excluding carboxylic acids is 2. The van der Waals surface area contributed by atoms with Crippen molar-refractivity contribution in [1.29, 1.82) is 0 Å². The van der Waals surface area contributed by atoms with Crippen molar-refractivity contribution in [2.45, 2.75) is 12.8 Å². The molecule has 7 heteroatoms. The van der Waals surface area contributed by atoms with Gasteiger partial charge in [0.25, 0.3) is 5.91 Å². The fourth-order valence-corrected chi connectivity index (χ4v) is 2.30. The lowest BCUT2D eigenvalue weighted by atomic mass is 10.1. The maximum Gasteiger partial charge on any atom is 0.253 e. The molecule has 0 aliphatic heterocycles. The second kappa shape index (κ2) is 6.38. The first-order chi connectivity index (χ1) is 10.1. The molecule has 1 aromatic carbocycles. The lowest BCUT2D eigenvalue weighted by molar-refractivity contribution is -0.107. The summed E-state index contributed by atoms with van der Waals surface area (Å²) < 4.78 is 5.02. The Balaban J connectivity index is 2.44. The molecule has 0 fully saturated rings. The molecule has 7 nitrogen and oxygen atoms in total. The molecule has 2 aromatic rings. The minimum Gasteiger partial charge on any atom is -0.385 e. The molecule has 21 heavy (non-hydrogen) atoms. The van der Waals surface area contributed by atoms with Gasteiger partial charge in [0.2, 0.25) is 6.41 Å². The fourth-order valence-electron chi connectivity index (χ4n) is 2.30. The summed E-state index contributed by atoms with van der Waals surface area (Å²) in [5.74, 6) is 5.10. The zero-order chi connectivity index (χ0) is 15.4. The first-order valence-corrected chi connectivity index (χ1v) is 6.51. The summed E-state index contributed by atoms with van der Waals surface area (Å²) in [5, 5.41) is 1.45. The molecule has 0 aliphatic rings. The predicted octanol–water partition coefficient (Wildman–Crippen LogP) is 0.682. The number of rotatable bonds is 7. The van der Waals surface area contributed by atoms with Crippen molar-refractivity contribution in [2.75, 3.05) is 18.7 Å². The Bertz CT molecular complexity index is 666. The minimum atomic E-state index is -0.638. The lowest BCUT2D eigenvalue weighted by Gasteiger charge is -2.08. The van der Waals surface area contributed by atoms with Gasteiger partial charge in [-0.25, -0.2) is 10.9 Å². The third-order valence-corrected chi connectivity index (χ3v) is 3.28. The summed E-state index contributed by atoms with van der Waals surface area (Å²) in [5.41, 5.74) is 7.40. The number of hydrazine groups is 1. The summed E-state index contributed by atoms with van der Waals surface area (Å²) in [6, 6.07) is 5.64. The number of H-pyrrole nitrogens is 1. The number of amides is 2. The maximum atomic E-state index is 11.6. The summed E-state index contributed by atoms with van der Waals surface area (Å²) in [4.78, 5) is 25.4. The number of anilines is 1. The Morgan fingerprint density at radius 3 is 2.86 bits per heavy atom. The van der Waals surface area contributed by atoms with E-state index in [2.05, 4.69) is 4.98 Å². The van der Waals surface area contributed by atoms with Crippen LogP contribution in [0.3, 0.4) is 0 Å². The third kappa shape index (κ3) is 3.04. The van der Waals surface area contributed by atoms with E-state index in [0.29, 0.717) is 23.9 Å². The smallest absolute Gasteiger partial charge is 0.253 e. The van der Waals surface area contributed by atoms with Crippen LogP contribution in [0.2, 0.25) is 0 Å². The summed E-state index contributed by atoms with van der Waals surface area (Å²) in [7, 11) is 1.66. The van der Waals surface area contributed by atoms with Gasteiger partial charge >= 0.3 is 0 Å². The van der Waals surface area contributed by atoms with Crippen LogP contribution in [0.25, 0.3) is 10.9 Å². The number of nitrogens with two attached hydrogens (primary N) is 2. The van der Waals surface area contributed by atoms with Crippen molar-refractivity contribution < 1.29 is 14.3 Å². The zero-order valence-electron chi connectivity index (χ0n) is 11.8. The predicted molar refractivity (Wildman–Crippen MR) is 79.7 cm³/mol. The van der Waals surface area contributed by atoms with Crippen LogP contribution in [-0.4, -0.2) is 31.0 Å². The Kier molecular flexibility index (Phi) is 4.56. The van der Waals surface area contributed by atoms with Gasteiger partial charge in [0.1, 0.15) is 5.82 Å². The second-order valence-corrected chi connectivity index (χ2v) is 4.70. The molecule has 2 amide bonds. The molecule has 0 radical (unpaired) electrons. The standard InChI is InChI=1S/C14H18N4O3/c1-21-6-2-3-9-4-5-10-11(7-9)17-14(18(16)8-19)12(10)13(15)20/h4-5,7-8,17H,2-3,6,16H2,1H3,(H2,15,20). The van der Waals surface area contributed by atoms with E-state index in [-0.39, 0.29) is 11.4 Å². The summed E-state index contributed by atoms with van der Waals surface area (Å²) in [6.07, 6.45) is 2.16. The minimum absolute atomic E-state index is 0.196. The average Bonchev–Trinajstić information content (AvgIpc) is 2.85. The van der Waals surface area contributed by atoms with Crippen LogP contribution in [0.15, 0.2) is 18.2 Å². The molecule has 0 aliphatic carbocycles. The molecule has 0 saturated carbocycles. The fraction of sp³-hybridized carbons (Fsp3) is 0.286. The number of fused-ring (bicyclic) bond motifs is 1. The molecular formula is C14H18N4O3. The van der Waals surface area contributed by atoms with Crippen LogP contribution in [0, 0.1) is 0 Å². The number of nitrogens with one attached hydrogen (secondary N) is 1. The number of aromatic nitrogens is 1. The number of primary amides is 1. The largest absolute Gasteiger partial charge is 0.385 e. The SMILES string of the molecule is COCCCc1ccc2c(C(N)=O)c(N(N)C=O)[nH]c2c1. The third-order valence-electron chi connectivity index (χ3n) is 3.28. The quantitative estimate of drug-likeness (QED) is 0.229. The Morgan fingerprint density at radius 1 is 1.48 bits per heavy atom. The van der Waals surface area contributed by atoms with Crippen LogP contribution < -0.4 is 16.6 Å². The van der Waals surface area contributed by atoms with Crippen LogP contribution >= 0.6 is 0 Å². The highest BCUT2D eigenvalue weighted by molar-refractivity contribution is 6.12. The molecule has 0 saturated heterocycles. The molecule has 1 aromatic heterocycles. The number of aromatic amines is 1. The molecule has 0 bridgehead atoms. The molecule has 1 heterocycles. The van der Waals surface area contributed by atoms with Crippen molar-refractivity contribution in [3.63, 3.8) is 0 Å². The number of hydrogen-bond acceptors (Lipinski definition) is 4. The number of benzene rings is 1. The monoisotopic (exact) mass is 290 g/mol. The van der Waals surface area contributed by atoms with Gasteiger partial charge < -0.3 is 15.5 Å². The average molecular weight is 290 g/mol. The van der Waals surface area contributed by atoms with E-state index in [1.54, 1.807) is 13.2 Å². The Labute approximate surface area is 121 Å². The summed E-state index contributed by atoms with van der Waals surface area (Å²) in [6.45, 7) is 0.683. The van der Waals surface area contributed by atoms with Gasteiger partial charge in [-0.1, -0.05) is 12.1 Å². The van der Waals surface area contributed by atoms with Crippen LogP contribution in [0.4, 0.5) is 5.82 Å². The number of carbonyl (C=O) groups is 2. The Hall–Kier alpha value is -2.38. The molecule has 0 spiro atoms. The highest BCUT2D eigenvalue weighted by Gasteiger charge is 2.19. The van der Waals surface area contributed by atoms with E-state index >= 15 is 0 Å². The van der Waals surface area contributed by atoms with Gasteiger partial charge in [-0.15, -0.1) is 0 Å². The molecular weight excluding hydrogens is 272 g/mol. The van der Waals surface area contributed by atoms with Gasteiger partial charge in [0.05, 0.1) is 5.56 Å². The van der Waals surface area contributed by atoms with E-state index in [9.17, 15) is 9.59 Å². The van der Waals surface area contributed by atoms with Crippen molar-refractivity contribution in [3.05, 3.63) is 29.3 Å². The van der Waals surface area contributed by atoms with Gasteiger partial charge in [0.15, 0.2) is 0 Å². The Morgan fingerprint density at radius 2 is 2.24 bits per heavy atom. The van der Waals surface area contributed by atoms with Gasteiger partial charge in [-0.3, -0.25) is 9.59 Å². The first-order valence-electron chi connectivity index (χ1n) is 6.51. The summed E-state index contributed by atoms with van der Waals surface area (Å²) >= 11 is 0. The number of methoxy groups -OCH3 is 1. The van der Waals surface area contributed by atoms with E-state index < -0.39 is 5.91 Å². The topological polar surface area (TPSA) is 114 Å². The second-order valence-electron chi connectivity index (χ2n) is 4.70. The van der Waals surface area contributed by atoms with E-state index in [1.807, 2.05) is 12.1 Å². The number of nitrogens with zero attached hydrogens (tertiary/aromatic N) is 1. The number of hydrogen-bond donors (Lipinski definition) is 3. The molecule has 0 unspecified atom stereocenters. The zero-order valence-corrected chi connectivity index (χ0v) is 11.8. The van der Waals surface area contributed by atoms with Crippen molar-refractivity contribution in [3.8, 4) is 0 Å². The number of aryl methyl sites for hydroxylation is 1. The van der Waals surface area contributed by atoms with Crippen molar-refractivity contribution >= 4 is 29.0 Å². The molecule has 0 atom stereocenters. The molecule has 2 rings (SSSR count). The van der Waals surface area contributed by atoms with E-state index in [0.717, 1.165) is 23.4 Å². The highest BCUT2D eigenvalue weighted by atomic mass is 16.5. The maximum absolute atomic E-state index is 11.6.